The minimum Gasteiger partial charge on any atom is -0.482 e. The van der Waals surface area contributed by atoms with Crippen molar-refractivity contribution < 1.29 is 28.4 Å². The molecular formula is C21H24N4O7. The number of hydrogen-bond donors (Lipinski definition) is 1. The Labute approximate surface area is 184 Å². The Kier molecular flexibility index (Phi) is 6.37. The lowest BCUT2D eigenvalue weighted by Crippen LogP contribution is -2.48. The van der Waals surface area contributed by atoms with Gasteiger partial charge in [0, 0.05) is 31.8 Å². The lowest BCUT2D eigenvalue weighted by Gasteiger charge is -2.33. The number of nitrogens with one attached hydrogen (secondary N) is 1. The molecule has 1 N–H and O–H groups in total. The van der Waals surface area contributed by atoms with Crippen LogP contribution < -0.4 is 15.0 Å². The van der Waals surface area contributed by atoms with Crippen LogP contribution in [0.25, 0.3) is 0 Å². The van der Waals surface area contributed by atoms with Gasteiger partial charge < -0.3 is 19.2 Å². The monoisotopic (exact) mass is 444 g/mol. The number of ether oxygens (including phenoxy) is 2. The molecule has 32 heavy (non-hydrogen) atoms. The fourth-order valence-electron chi connectivity index (χ4n) is 3.82. The molecule has 11 heteroatoms. The predicted octanol–water partition coefficient (Wildman–Crippen LogP) is 1.41. The molecule has 2 amide bonds. The van der Waals surface area contributed by atoms with Crippen molar-refractivity contribution in [3.63, 3.8) is 0 Å². The summed E-state index contributed by atoms with van der Waals surface area (Å²) in [6, 6.07) is 7.56. The van der Waals surface area contributed by atoms with Crippen molar-refractivity contribution in [2.75, 3.05) is 50.9 Å². The number of hydrogen-bond acceptors (Lipinski definition) is 8. The SMILES string of the molecule is Cc1ccc(C(CNC(=O)CN2C(=O)COc3ccc([N+](=O)[O-])cc32)N2CCOCC2)o1. The predicted molar refractivity (Wildman–Crippen MR) is 113 cm³/mol. The highest BCUT2D eigenvalue weighted by molar-refractivity contribution is 6.02. The second-order valence-electron chi connectivity index (χ2n) is 7.59. The number of aryl methyl sites for hydroxylation is 1. The van der Waals surface area contributed by atoms with Gasteiger partial charge in [-0.05, 0) is 25.1 Å². The maximum atomic E-state index is 12.8. The molecule has 1 aromatic heterocycles. The molecular weight excluding hydrogens is 420 g/mol. The lowest BCUT2D eigenvalue weighted by atomic mass is 10.1. The third-order valence-corrected chi connectivity index (χ3v) is 5.47. The van der Waals surface area contributed by atoms with Gasteiger partial charge >= 0.3 is 0 Å². The van der Waals surface area contributed by atoms with Gasteiger partial charge in [0.25, 0.3) is 11.6 Å². The molecule has 1 aromatic carbocycles. The van der Waals surface area contributed by atoms with Crippen LogP contribution in [-0.4, -0.2) is 67.6 Å². The average molecular weight is 444 g/mol. The number of benzene rings is 1. The standard InChI is InChI=1S/C21H24N4O7/c1-14-2-4-19(32-14)17(23-6-8-30-9-7-23)11-22-20(26)12-24-16-10-15(25(28)29)3-5-18(16)31-13-21(24)27/h2-5,10,17H,6-9,11-13H2,1H3,(H,22,26). The molecule has 4 rings (SSSR count). The van der Waals surface area contributed by atoms with Crippen LogP contribution in [0.4, 0.5) is 11.4 Å². The number of anilines is 1. The van der Waals surface area contributed by atoms with Gasteiger partial charge in [0.05, 0.1) is 29.9 Å². The molecule has 11 nitrogen and oxygen atoms in total. The van der Waals surface area contributed by atoms with Crippen LogP contribution in [0, 0.1) is 17.0 Å². The van der Waals surface area contributed by atoms with Crippen LogP contribution in [0.5, 0.6) is 5.75 Å². The van der Waals surface area contributed by atoms with E-state index in [4.69, 9.17) is 13.9 Å². The number of nitro groups is 1. The number of morpholine rings is 1. The molecule has 2 aliphatic heterocycles. The van der Waals surface area contributed by atoms with E-state index in [1.165, 1.54) is 23.1 Å². The first-order valence-electron chi connectivity index (χ1n) is 10.3. The molecule has 170 valence electrons. The molecule has 2 aliphatic rings. The topological polar surface area (TPSA) is 127 Å². The second-order valence-corrected chi connectivity index (χ2v) is 7.59. The minimum atomic E-state index is -0.560. The highest BCUT2D eigenvalue weighted by Gasteiger charge is 2.30. The van der Waals surface area contributed by atoms with Gasteiger partial charge in [-0.25, -0.2) is 0 Å². The zero-order chi connectivity index (χ0) is 22.7. The second kappa shape index (κ2) is 9.37. The number of non-ortho nitro benzene ring substituents is 1. The normalized spacial score (nSPS) is 17.4. The first-order chi connectivity index (χ1) is 15.4. The quantitative estimate of drug-likeness (QED) is 0.502. The number of furan rings is 1. The third-order valence-electron chi connectivity index (χ3n) is 5.47. The van der Waals surface area contributed by atoms with Crippen molar-refractivity contribution in [3.8, 4) is 5.75 Å². The number of carbonyl (C=O) groups is 2. The fraction of sp³-hybridized carbons (Fsp3) is 0.429. The van der Waals surface area contributed by atoms with Crippen LogP contribution in [0.15, 0.2) is 34.7 Å². The first-order valence-corrected chi connectivity index (χ1v) is 10.3. The number of amides is 2. The van der Waals surface area contributed by atoms with Crippen molar-refractivity contribution in [3.05, 3.63) is 52.0 Å². The van der Waals surface area contributed by atoms with E-state index in [-0.39, 0.29) is 43.0 Å². The van der Waals surface area contributed by atoms with Crippen molar-refractivity contribution in [2.45, 2.75) is 13.0 Å². The van der Waals surface area contributed by atoms with E-state index in [1.807, 2.05) is 19.1 Å². The smallest absolute Gasteiger partial charge is 0.271 e. The summed E-state index contributed by atoms with van der Waals surface area (Å²) in [7, 11) is 0. The average Bonchev–Trinajstić information content (AvgIpc) is 3.22. The Balaban J connectivity index is 1.46. The van der Waals surface area contributed by atoms with E-state index in [0.29, 0.717) is 32.1 Å². The largest absolute Gasteiger partial charge is 0.482 e. The Hall–Kier alpha value is -3.44. The van der Waals surface area contributed by atoms with Crippen LogP contribution >= 0.6 is 0 Å². The van der Waals surface area contributed by atoms with Gasteiger partial charge in [0.1, 0.15) is 23.8 Å². The summed E-state index contributed by atoms with van der Waals surface area (Å²) in [5.41, 5.74) is 0.0185. The fourth-order valence-corrected chi connectivity index (χ4v) is 3.82. The molecule has 1 saturated heterocycles. The van der Waals surface area contributed by atoms with Gasteiger partial charge in [0.15, 0.2) is 6.61 Å². The van der Waals surface area contributed by atoms with E-state index < -0.39 is 10.8 Å². The molecule has 0 aliphatic carbocycles. The molecule has 0 saturated carbocycles. The van der Waals surface area contributed by atoms with Crippen molar-refractivity contribution in [1.82, 2.24) is 10.2 Å². The molecule has 2 aromatic rings. The van der Waals surface area contributed by atoms with Gasteiger partial charge in [-0.2, -0.15) is 0 Å². The zero-order valence-corrected chi connectivity index (χ0v) is 17.6. The van der Waals surface area contributed by atoms with Crippen LogP contribution in [0.2, 0.25) is 0 Å². The number of nitro benzene ring substituents is 1. The van der Waals surface area contributed by atoms with E-state index in [2.05, 4.69) is 10.2 Å². The third kappa shape index (κ3) is 4.73. The van der Waals surface area contributed by atoms with Gasteiger partial charge in [0.2, 0.25) is 5.91 Å². The summed E-state index contributed by atoms with van der Waals surface area (Å²) in [4.78, 5) is 39.1. The maximum Gasteiger partial charge on any atom is 0.271 e. The van der Waals surface area contributed by atoms with Gasteiger partial charge in [-0.15, -0.1) is 0 Å². The van der Waals surface area contributed by atoms with Crippen LogP contribution in [-0.2, 0) is 14.3 Å². The Bertz CT molecular complexity index is 1020. The molecule has 1 unspecified atom stereocenters. The maximum absolute atomic E-state index is 12.8. The Morgan fingerprint density at radius 1 is 1.25 bits per heavy atom. The number of rotatable bonds is 7. The number of fused-ring (bicyclic) bond motifs is 1. The highest BCUT2D eigenvalue weighted by Crippen LogP contribution is 2.35. The number of nitrogens with zero attached hydrogens (tertiary/aromatic N) is 3. The van der Waals surface area contributed by atoms with Crippen LogP contribution in [0.1, 0.15) is 17.6 Å². The van der Waals surface area contributed by atoms with Crippen LogP contribution in [0.3, 0.4) is 0 Å². The number of carbonyl (C=O) groups excluding carboxylic acids is 2. The van der Waals surface area contributed by atoms with Crippen molar-refractivity contribution in [1.29, 1.82) is 0 Å². The summed E-state index contributed by atoms with van der Waals surface area (Å²) in [6.45, 7) is 4.25. The van der Waals surface area contributed by atoms with Gasteiger partial charge in [-0.1, -0.05) is 0 Å². The zero-order valence-electron chi connectivity index (χ0n) is 17.6. The van der Waals surface area contributed by atoms with E-state index in [9.17, 15) is 19.7 Å². The van der Waals surface area contributed by atoms with Gasteiger partial charge in [-0.3, -0.25) is 29.5 Å². The molecule has 1 fully saturated rings. The molecule has 0 spiro atoms. The van der Waals surface area contributed by atoms with Crippen molar-refractivity contribution in [2.24, 2.45) is 0 Å². The minimum absolute atomic E-state index is 0.176. The van der Waals surface area contributed by atoms with Crippen molar-refractivity contribution >= 4 is 23.2 Å². The summed E-state index contributed by atoms with van der Waals surface area (Å²) in [6.07, 6.45) is 0. The Morgan fingerprint density at radius 2 is 2.03 bits per heavy atom. The summed E-state index contributed by atoms with van der Waals surface area (Å²) < 4.78 is 16.6. The summed E-state index contributed by atoms with van der Waals surface area (Å²) in [5, 5.41) is 14.0. The first kappa shape index (κ1) is 21.8. The summed E-state index contributed by atoms with van der Waals surface area (Å²) >= 11 is 0. The highest BCUT2D eigenvalue weighted by atomic mass is 16.6. The molecule has 0 radical (unpaired) electrons. The molecule has 0 bridgehead atoms. The molecule has 3 heterocycles. The van der Waals surface area contributed by atoms with E-state index in [0.717, 1.165) is 11.5 Å². The van der Waals surface area contributed by atoms with E-state index >= 15 is 0 Å². The van der Waals surface area contributed by atoms with E-state index in [1.54, 1.807) is 0 Å². The Morgan fingerprint density at radius 3 is 2.72 bits per heavy atom. The molecule has 1 atom stereocenters. The summed E-state index contributed by atoms with van der Waals surface area (Å²) in [5.74, 6) is 1.01. The lowest BCUT2D eigenvalue weighted by molar-refractivity contribution is -0.384.